The summed E-state index contributed by atoms with van der Waals surface area (Å²) in [7, 11) is 1.50. The lowest BCUT2D eigenvalue weighted by Crippen LogP contribution is -2.27. The van der Waals surface area contributed by atoms with Crippen LogP contribution < -0.4 is 10.1 Å². The zero-order chi connectivity index (χ0) is 16.1. The summed E-state index contributed by atoms with van der Waals surface area (Å²) in [6.07, 6.45) is 0. The molecule has 1 amide bonds. The number of carbonyl (C=O) groups excluding carboxylic acids is 1. The van der Waals surface area contributed by atoms with E-state index in [4.69, 9.17) is 16.3 Å². The minimum absolute atomic E-state index is 0.0646. The first-order valence-corrected chi connectivity index (χ1v) is 7.26. The number of rotatable bonds is 5. The van der Waals surface area contributed by atoms with Crippen molar-refractivity contribution in [2.75, 3.05) is 13.7 Å². The topological polar surface area (TPSA) is 38.3 Å². The van der Waals surface area contributed by atoms with E-state index >= 15 is 0 Å². The quantitative estimate of drug-likeness (QED) is 0.903. The maximum absolute atomic E-state index is 12.9. The van der Waals surface area contributed by atoms with E-state index in [2.05, 4.69) is 5.32 Å². The summed E-state index contributed by atoms with van der Waals surface area (Å²) in [6, 6.07) is 11.1. The van der Waals surface area contributed by atoms with Crippen LogP contribution in [0.2, 0.25) is 5.02 Å². The van der Waals surface area contributed by atoms with Crippen LogP contribution in [0.1, 0.15) is 28.8 Å². The molecule has 1 unspecified atom stereocenters. The number of carbonyl (C=O) groups is 1. The number of ether oxygens (including phenoxy) is 1. The molecule has 0 fully saturated rings. The van der Waals surface area contributed by atoms with E-state index in [0.717, 1.165) is 5.56 Å². The number of benzene rings is 2. The maximum Gasteiger partial charge on any atom is 0.255 e. The van der Waals surface area contributed by atoms with Crippen LogP contribution in [0, 0.1) is 5.82 Å². The maximum atomic E-state index is 12.9. The highest BCUT2D eigenvalue weighted by Gasteiger charge is 2.14. The first-order chi connectivity index (χ1) is 10.5. The molecule has 1 atom stereocenters. The molecule has 5 heteroatoms. The van der Waals surface area contributed by atoms with E-state index in [1.165, 1.54) is 19.2 Å². The number of amides is 1. The molecule has 3 nitrogen and oxygen atoms in total. The summed E-state index contributed by atoms with van der Waals surface area (Å²) < 4.78 is 18.1. The van der Waals surface area contributed by atoms with Gasteiger partial charge in [-0.1, -0.05) is 30.7 Å². The monoisotopic (exact) mass is 321 g/mol. The third-order valence-corrected chi connectivity index (χ3v) is 3.65. The van der Waals surface area contributed by atoms with Crippen molar-refractivity contribution in [3.63, 3.8) is 0 Å². The third-order valence-electron chi connectivity index (χ3n) is 3.41. The summed E-state index contributed by atoms with van der Waals surface area (Å²) in [5.74, 6) is 0.00280. The number of hydrogen-bond donors (Lipinski definition) is 1. The van der Waals surface area contributed by atoms with Gasteiger partial charge >= 0.3 is 0 Å². The average molecular weight is 322 g/mol. The van der Waals surface area contributed by atoms with Gasteiger partial charge in [0.1, 0.15) is 11.6 Å². The summed E-state index contributed by atoms with van der Waals surface area (Å²) in [5, 5.41) is 3.31. The van der Waals surface area contributed by atoms with Crippen LogP contribution in [-0.2, 0) is 0 Å². The van der Waals surface area contributed by atoms with E-state index < -0.39 is 0 Å². The third kappa shape index (κ3) is 3.98. The van der Waals surface area contributed by atoms with Crippen LogP contribution in [0.25, 0.3) is 0 Å². The molecule has 0 aromatic heterocycles. The molecule has 0 aliphatic rings. The molecule has 1 N–H and O–H groups in total. The molecule has 0 radical (unpaired) electrons. The summed E-state index contributed by atoms with van der Waals surface area (Å²) in [4.78, 5) is 12.3. The zero-order valence-electron chi connectivity index (χ0n) is 12.4. The second kappa shape index (κ2) is 7.27. The van der Waals surface area contributed by atoms with E-state index in [1.54, 1.807) is 30.3 Å². The van der Waals surface area contributed by atoms with Gasteiger partial charge in [-0.2, -0.15) is 0 Å². The van der Waals surface area contributed by atoms with Gasteiger partial charge < -0.3 is 10.1 Å². The Morgan fingerprint density at radius 2 is 1.95 bits per heavy atom. The average Bonchev–Trinajstić information content (AvgIpc) is 2.53. The second-order valence-corrected chi connectivity index (χ2v) is 5.44. The number of methoxy groups -OCH3 is 1. The van der Waals surface area contributed by atoms with Crippen LogP contribution in [0.4, 0.5) is 4.39 Å². The van der Waals surface area contributed by atoms with Crippen LogP contribution in [0.5, 0.6) is 5.75 Å². The number of halogens is 2. The lowest BCUT2D eigenvalue weighted by molar-refractivity contribution is 0.0948. The Morgan fingerprint density at radius 3 is 2.59 bits per heavy atom. The molecular formula is C17H17ClFNO2. The molecule has 0 heterocycles. The van der Waals surface area contributed by atoms with E-state index in [9.17, 15) is 9.18 Å². The molecule has 2 rings (SSSR count). The molecule has 0 aliphatic heterocycles. The predicted molar refractivity (Wildman–Crippen MR) is 85.2 cm³/mol. The minimum atomic E-state index is -0.274. The molecule has 2 aromatic carbocycles. The highest BCUT2D eigenvalue weighted by atomic mass is 35.5. The Kier molecular flexibility index (Phi) is 5.39. The van der Waals surface area contributed by atoms with Gasteiger partial charge in [0.25, 0.3) is 5.91 Å². The molecule has 22 heavy (non-hydrogen) atoms. The van der Waals surface area contributed by atoms with Gasteiger partial charge in [-0.3, -0.25) is 4.79 Å². The van der Waals surface area contributed by atoms with Crippen LogP contribution in [-0.4, -0.2) is 19.6 Å². The summed E-state index contributed by atoms with van der Waals surface area (Å²) in [6.45, 7) is 2.39. The molecule has 0 aliphatic carbocycles. The molecule has 116 valence electrons. The Balaban J connectivity index is 2.03. The Hall–Kier alpha value is -2.07. The Morgan fingerprint density at radius 1 is 1.27 bits per heavy atom. The van der Waals surface area contributed by atoms with Gasteiger partial charge in [0.2, 0.25) is 0 Å². The second-order valence-electron chi connectivity index (χ2n) is 5.01. The SMILES string of the molecule is COc1ccc(Cl)cc1C(=O)NCC(C)c1ccc(F)cc1. The van der Waals surface area contributed by atoms with Crippen LogP contribution >= 0.6 is 11.6 Å². The van der Waals surface area contributed by atoms with E-state index in [0.29, 0.717) is 22.9 Å². The lowest BCUT2D eigenvalue weighted by atomic mass is 10.0. The van der Waals surface area contributed by atoms with Crippen molar-refractivity contribution in [3.8, 4) is 5.75 Å². The highest BCUT2D eigenvalue weighted by Crippen LogP contribution is 2.23. The van der Waals surface area contributed by atoms with Gasteiger partial charge in [0.05, 0.1) is 12.7 Å². The van der Waals surface area contributed by atoms with Crippen molar-refractivity contribution in [1.29, 1.82) is 0 Å². The van der Waals surface area contributed by atoms with Crippen molar-refractivity contribution in [2.24, 2.45) is 0 Å². The van der Waals surface area contributed by atoms with Gasteiger partial charge in [0, 0.05) is 11.6 Å². The Bertz CT molecular complexity index is 658. The molecule has 0 spiro atoms. The highest BCUT2D eigenvalue weighted by molar-refractivity contribution is 6.31. The fraction of sp³-hybridized carbons (Fsp3) is 0.235. The van der Waals surface area contributed by atoms with Crippen LogP contribution in [0.15, 0.2) is 42.5 Å². The van der Waals surface area contributed by atoms with Crippen LogP contribution in [0.3, 0.4) is 0 Å². The van der Waals surface area contributed by atoms with E-state index in [1.807, 2.05) is 6.92 Å². The number of nitrogens with one attached hydrogen (secondary N) is 1. The summed E-state index contributed by atoms with van der Waals surface area (Å²) >= 11 is 5.92. The van der Waals surface area contributed by atoms with Crippen molar-refractivity contribution in [2.45, 2.75) is 12.8 Å². The lowest BCUT2D eigenvalue weighted by Gasteiger charge is -2.14. The zero-order valence-corrected chi connectivity index (χ0v) is 13.2. The molecule has 0 saturated carbocycles. The smallest absolute Gasteiger partial charge is 0.255 e. The summed E-state index contributed by atoms with van der Waals surface area (Å²) in [5.41, 5.74) is 1.35. The van der Waals surface area contributed by atoms with Gasteiger partial charge in [-0.05, 0) is 41.8 Å². The van der Waals surface area contributed by atoms with Crippen molar-refractivity contribution < 1.29 is 13.9 Å². The fourth-order valence-corrected chi connectivity index (χ4v) is 2.28. The van der Waals surface area contributed by atoms with Crippen molar-refractivity contribution in [1.82, 2.24) is 5.32 Å². The molecule has 0 bridgehead atoms. The van der Waals surface area contributed by atoms with E-state index in [-0.39, 0.29) is 17.6 Å². The molecule has 2 aromatic rings. The predicted octanol–water partition coefficient (Wildman–Crippen LogP) is 4.02. The number of hydrogen-bond acceptors (Lipinski definition) is 2. The normalized spacial score (nSPS) is 11.8. The van der Waals surface area contributed by atoms with Gasteiger partial charge in [-0.15, -0.1) is 0 Å². The standard InChI is InChI=1S/C17H17ClFNO2/c1-11(12-3-6-14(19)7-4-12)10-20-17(21)15-9-13(18)5-8-16(15)22-2/h3-9,11H,10H2,1-2H3,(H,20,21). The van der Waals surface area contributed by atoms with Gasteiger partial charge in [-0.25, -0.2) is 4.39 Å². The fourth-order valence-electron chi connectivity index (χ4n) is 2.11. The van der Waals surface area contributed by atoms with Crippen molar-refractivity contribution in [3.05, 3.63) is 64.4 Å². The Labute approximate surface area is 134 Å². The first-order valence-electron chi connectivity index (χ1n) is 6.88. The minimum Gasteiger partial charge on any atom is -0.496 e. The first kappa shape index (κ1) is 16.3. The molecular weight excluding hydrogens is 305 g/mol. The molecule has 0 saturated heterocycles. The van der Waals surface area contributed by atoms with Crippen molar-refractivity contribution >= 4 is 17.5 Å². The largest absolute Gasteiger partial charge is 0.496 e. The van der Waals surface area contributed by atoms with Gasteiger partial charge in [0.15, 0.2) is 0 Å².